The second-order valence-electron chi connectivity index (χ2n) is 13.1. The number of benzene rings is 2. The zero-order valence-electron chi connectivity index (χ0n) is 27.7. The van der Waals surface area contributed by atoms with Crippen molar-refractivity contribution in [3.8, 4) is 5.75 Å². The van der Waals surface area contributed by atoms with Gasteiger partial charge in [-0.1, -0.05) is 43.3 Å². The minimum atomic E-state index is -1.21. The molecule has 0 aliphatic heterocycles. The molecule has 0 aromatic heterocycles. The fraction of sp³-hybridized carbons (Fsp3) is 0.529. The summed E-state index contributed by atoms with van der Waals surface area (Å²) in [5.41, 5.74) is 0.171. The van der Waals surface area contributed by atoms with Crippen molar-refractivity contribution >= 4 is 23.9 Å². The van der Waals surface area contributed by atoms with Crippen molar-refractivity contribution in [3.63, 3.8) is 0 Å². The first-order chi connectivity index (χ1) is 20.3. The number of carbonyl (C=O) groups is 4. The fourth-order valence-corrected chi connectivity index (χ4v) is 4.52. The molecule has 0 spiro atoms. The Labute approximate surface area is 261 Å². The SMILES string of the molecule is CCC(C)N(C(=O)C(C)NC(=O)OC(C)(C)C)C(C(=O)NC(Cc1ccccc1)C(=O)OC(C)(C)C)c1ccc(O)c(C)c1. The van der Waals surface area contributed by atoms with E-state index >= 15 is 0 Å². The number of phenolic OH excluding ortho intramolecular Hbond substituents is 1. The minimum Gasteiger partial charge on any atom is -0.508 e. The summed E-state index contributed by atoms with van der Waals surface area (Å²) in [4.78, 5) is 55.7. The van der Waals surface area contributed by atoms with Crippen molar-refractivity contribution in [2.24, 2.45) is 0 Å². The van der Waals surface area contributed by atoms with E-state index in [-0.39, 0.29) is 12.2 Å². The molecule has 2 rings (SSSR count). The highest BCUT2D eigenvalue weighted by Crippen LogP contribution is 2.30. The Hall–Kier alpha value is -4.08. The summed E-state index contributed by atoms with van der Waals surface area (Å²) < 4.78 is 11.0. The zero-order chi connectivity index (χ0) is 33.4. The molecule has 0 saturated heterocycles. The molecule has 0 heterocycles. The second-order valence-corrected chi connectivity index (χ2v) is 13.1. The Morgan fingerprint density at radius 2 is 1.48 bits per heavy atom. The molecule has 3 amide bonds. The molecular formula is C34H49N3O7. The maximum Gasteiger partial charge on any atom is 0.408 e. The van der Waals surface area contributed by atoms with E-state index in [0.29, 0.717) is 17.5 Å². The highest BCUT2D eigenvalue weighted by atomic mass is 16.6. The van der Waals surface area contributed by atoms with Crippen LogP contribution >= 0.6 is 0 Å². The first kappa shape index (κ1) is 36.1. The Morgan fingerprint density at radius 1 is 0.886 bits per heavy atom. The van der Waals surface area contributed by atoms with E-state index in [1.165, 1.54) is 17.9 Å². The molecule has 0 aliphatic carbocycles. The molecule has 0 fully saturated rings. The monoisotopic (exact) mass is 611 g/mol. The third-order valence-electron chi connectivity index (χ3n) is 6.78. The largest absolute Gasteiger partial charge is 0.508 e. The summed E-state index contributed by atoms with van der Waals surface area (Å²) in [7, 11) is 0. The lowest BCUT2D eigenvalue weighted by molar-refractivity contribution is -0.159. The van der Waals surface area contributed by atoms with E-state index < -0.39 is 59.2 Å². The van der Waals surface area contributed by atoms with E-state index in [2.05, 4.69) is 10.6 Å². The van der Waals surface area contributed by atoms with Gasteiger partial charge in [0, 0.05) is 12.5 Å². The van der Waals surface area contributed by atoms with Crippen LogP contribution in [0.5, 0.6) is 5.75 Å². The molecule has 4 atom stereocenters. The van der Waals surface area contributed by atoms with Crippen LogP contribution in [0.25, 0.3) is 0 Å². The van der Waals surface area contributed by atoms with Gasteiger partial charge in [-0.15, -0.1) is 0 Å². The van der Waals surface area contributed by atoms with Gasteiger partial charge in [-0.3, -0.25) is 9.59 Å². The Kier molecular flexibility index (Phi) is 12.4. The van der Waals surface area contributed by atoms with E-state index in [0.717, 1.165) is 5.56 Å². The summed E-state index contributed by atoms with van der Waals surface area (Å²) in [6.45, 7) is 17.3. The molecule has 242 valence electrons. The van der Waals surface area contributed by atoms with Crippen LogP contribution in [0, 0.1) is 6.92 Å². The normalized spacial score (nSPS) is 14.4. The van der Waals surface area contributed by atoms with Gasteiger partial charge in [0.1, 0.15) is 35.1 Å². The third-order valence-corrected chi connectivity index (χ3v) is 6.78. The van der Waals surface area contributed by atoms with E-state index in [4.69, 9.17) is 9.47 Å². The van der Waals surface area contributed by atoms with Crippen molar-refractivity contribution < 1.29 is 33.8 Å². The summed E-state index contributed by atoms with van der Waals surface area (Å²) in [5, 5.41) is 15.7. The lowest BCUT2D eigenvalue weighted by Crippen LogP contribution is -2.56. The van der Waals surface area contributed by atoms with Gasteiger partial charge >= 0.3 is 12.1 Å². The molecule has 2 aromatic rings. The molecule has 0 bridgehead atoms. The highest BCUT2D eigenvalue weighted by molar-refractivity contribution is 5.94. The number of amides is 3. The topological polar surface area (TPSA) is 134 Å². The van der Waals surface area contributed by atoms with Crippen LogP contribution in [0.2, 0.25) is 0 Å². The summed E-state index contributed by atoms with van der Waals surface area (Å²) in [6.07, 6.45) is -0.112. The predicted molar refractivity (Wildman–Crippen MR) is 169 cm³/mol. The van der Waals surface area contributed by atoms with Gasteiger partial charge in [-0.2, -0.15) is 0 Å². The van der Waals surface area contributed by atoms with E-state index in [9.17, 15) is 24.3 Å². The van der Waals surface area contributed by atoms with Gasteiger partial charge in [0.2, 0.25) is 11.8 Å². The van der Waals surface area contributed by atoms with Crippen LogP contribution < -0.4 is 10.6 Å². The molecule has 0 aliphatic rings. The van der Waals surface area contributed by atoms with Crippen LogP contribution in [-0.2, 0) is 30.3 Å². The Bertz CT molecular complexity index is 1300. The number of alkyl carbamates (subject to hydrolysis) is 1. The number of phenols is 1. The average Bonchev–Trinajstić information content (AvgIpc) is 2.90. The fourth-order valence-electron chi connectivity index (χ4n) is 4.52. The van der Waals surface area contributed by atoms with Gasteiger partial charge < -0.3 is 30.1 Å². The number of aryl methyl sites for hydroxylation is 1. The summed E-state index contributed by atoms with van der Waals surface area (Å²) >= 11 is 0. The standard InChI is InChI=1S/C34H49N3O7/c1-11-22(3)37(30(40)23(4)35-32(42)44-34(8,9)10)28(25-17-18-27(38)21(2)19-25)29(39)36-26(31(41)43-33(5,6)7)20-24-15-13-12-14-16-24/h12-19,22-23,26,28,38H,11,20H2,1-10H3,(H,35,42)(H,36,39). The van der Waals surface area contributed by atoms with Gasteiger partial charge in [0.05, 0.1) is 0 Å². The van der Waals surface area contributed by atoms with Crippen LogP contribution in [0.1, 0.15) is 91.5 Å². The number of aromatic hydroxyl groups is 1. The van der Waals surface area contributed by atoms with Crippen LogP contribution in [0.4, 0.5) is 4.79 Å². The first-order valence-electron chi connectivity index (χ1n) is 15.0. The molecule has 0 saturated carbocycles. The van der Waals surface area contributed by atoms with E-state index in [1.807, 2.05) is 37.3 Å². The zero-order valence-corrected chi connectivity index (χ0v) is 27.7. The molecule has 2 aromatic carbocycles. The van der Waals surface area contributed by atoms with Crippen LogP contribution in [0.3, 0.4) is 0 Å². The smallest absolute Gasteiger partial charge is 0.408 e. The lowest BCUT2D eigenvalue weighted by atomic mass is 9.97. The van der Waals surface area contributed by atoms with Crippen molar-refractivity contribution in [3.05, 3.63) is 65.2 Å². The highest BCUT2D eigenvalue weighted by Gasteiger charge is 2.39. The van der Waals surface area contributed by atoms with Crippen molar-refractivity contribution in [2.75, 3.05) is 0 Å². The third kappa shape index (κ3) is 10.9. The van der Waals surface area contributed by atoms with E-state index in [1.54, 1.807) is 67.5 Å². The Balaban J connectivity index is 2.58. The predicted octanol–water partition coefficient (Wildman–Crippen LogP) is 5.35. The molecule has 10 heteroatoms. The number of hydrogen-bond donors (Lipinski definition) is 3. The molecule has 3 N–H and O–H groups in total. The van der Waals surface area contributed by atoms with Crippen molar-refractivity contribution in [1.82, 2.24) is 15.5 Å². The number of nitrogens with zero attached hydrogens (tertiary/aromatic N) is 1. The molecule has 4 unspecified atom stereocenters. The molecular weight excluding hydrogens is 562 g/mol. The number of carbonyl (C=O) groups excluding carboxylic acids is 4. The number of esters is 1. The Morgan fingerprint density at radius 3 is 2.00 bits per heavy atom. The van der Waals surface area contributed by atoms with Crippen LogP contribution in [0.15, 0.2) is 48.5 Å². The quantitative estimate of drug-likeness (QED) is 0.292. The minimum absolute atomic E-state index is 0.0324. The summed E-state index contributed by atoms with van der Waals surface area (Å²) in [5.74, 6) is -1.71. The summed E-state index contributed by atoms with van der Waals surface area (Å²) in [6, 6.07) is 10.1. The maximum absolute atomic E-state index is 14.3. The first-order valence-corrected chi connectivity index (χ1v) is 15.0. The van der Waals surface area contributed by atoms with Gasteiger partial charge in [-0.25, -0.2) is 9.59 Å². The average molecular weight is 612 g/mol. The lowest BCUT2D eigenvalue weighted by Gasteiger charge is -2.38. The number of rotatable bonds is 11. The number of hydrogen-bond acceptors (Lipinski definition) is 7. The maximum atomic E-state index is 14.3. The van der Waals surface area contributed by atoms with Crippen molar-refractivity contribution in [1.29, 1.82) is 0 Å². The second kappa shape index (κ2) is 15.1. The molecule has 44 heavy (non-hydrogen) atoms. The van der Waals surface area contributed by atoms with Gasteiger partial charge in [0.15, 0.2) is 0 Å². The van der Waals surface area contributed by atoms with Crippen LogP contribution in [-0.4, -0.2) is 63.2 Å². The van der Waals surface area contributed by atoms with Gasteiger partial charge in [-0.05, 0) is 97.6 Å². The number of nitrogens with one attached hydrogen (secondary N) is 2. The molecule has 0 radical (unpaired) electrons. The van der Waals surface area contributed by atoms with Crippen molar-refractivity contribution in [2.45, 2.75) is 117 Å². The number of ether oxygens (including phenoxy) is 2. The van der Waals surface area contributed by atoms with Gasteiger partial charge in [0.25, 0.3) is 0 Å². The molecule has 10 nitrogen and oxygen atoms in total.